The van der Waals surface area contributed by atoms with E-state index in [1.807, 2.05) is 0 Å². The van der Waals surface area contributed by atoms with E-state index in [4.69, 9.17) is 15.2 Å². The summed E-state index contributed by atoms with van der Waals surface area (Å²) in [6.07, 6.45) is -4.50. The highest BCUT2D eigenvalue weighted by Gasteiger charge is 2.62. The minimum atomic E-state index is -5.10. The van der Waals surface area contributed by atoms with Crippen molar-refractivity contribution in [3.05, 3.63) is 70.8 Å². The zero-order chi connectivity index (χ0) is 35.0. The van der Waals surface area contributed by atoms with Gasteiger partial charge in [0.2, 0.25) is 5.91 Å². The van der Waals surface area contributed by atoms with E-state index in [-0.39, 0.29) is 64.2 Å². The maximum Gasteiger partial charge on any atom is 0.419 e. The molecule has 10 nitrogen and oxygen atoms in total. The van der Waals surface area contributed by atoms with Crippen LogP contribution in [0.3, 0.4) is 0 Å². The number of ether oxygens (including phenoxy) is 2. The first-order valence-corrected chi connectivity index (χ1v) is 14.3. The number of nitrogens with zero attached hydrogens (tertiary/aromatic N) is 3. The summed E-state index contributed by atoms with van der Waals surface area (Å²) in [5.74, 6) is -3.57. The largest absolute Gasteiger partial charge is 0.494 e. The number of nitrogens with two attached hydrogens (primary N) is 1. The first kappa shape index (κ1) is 33.0. The van der Waals surface area contributed by atoms with Gasteiger partial charge in [-0.05, 0) is 56.2 Å². The van der Waals surface area contributed by atoms with Crippen molar-refractivity contribution in [1.29, 1.82) is 0 Å². The molecular weight excluding hydrogens is 655 g/mol. The van der Waals surface area contributed by atoms with Crippen molar-refractivity contribution in [3.8, 4) is 22.8 Å². The fourth-order valence-electron chi connectivity index (χ4n) is 5.71. The molecule has 2 aromatic heterocycles. The third kappa shape index (κ3) is 5.25. The second-order valence-electron chi connectivity index (χ2n) is 11.9. The van der Waals surface area contributed by atoms with Crippen molar-refractivity contribution >= 4 is 22.7 Å². The summed E-state index contributed by atoms with van der Waals surface area (Å²) >= 11 is 0. The van der Waals surface area contributed by atoms with Crippen LogP contribution in [0, 0.1) is 5.82 Å². The van der Waals surface area contributed by atoms with Gasteiger partial charge < -0.3 is 25.6 Å². The standard InChI is InChI=1S/C31H26F7N5O5/c1-28(26(39)45)13-48-24-18(28)10-21(41-23(24)14-3-4-19(32)17(8-14)31(36,37)38)30(46,29(35)5-6-29)12-40-25(44)15-7-16-11-43(27(33)34)42-22(16)20(9-15)47-2/h3-4,7-11,27,46H,5-6,12-13H2,1-2H3,(H2,39,45)(H,40,44)/t28-,30?/m0/s1. The van der Waals surface area contributed by atoms with Crippen LogP contribution in [-0.4, -0.2) is 57.6 Å². The van der Waals surface area contributed by atoms with E-state index >= 15 is 4.39 Å². The SMILES string of the molecule is COc1cc(C(=O)NCC(O)(c2cc3c(c(-c4ccc(F)c(C(F)(F)F)c4)n2)OC[C@]3(C)C(N)=O)C2(F)CC2)cc2cn(C(F)F)nc12. The first-order chi connectivity index (χ1) is 22.4. The molecule has 3 heterocycles. The monoisotopic (exact) mass is 681 g/mol. The van der Waals surface area contributed by atoms with Crippen molar-refractivity contribution in [2.75, 3.05) is 20.3 Å². The fourth-order valence-corrected chi connectivity index (χ4v) is 5.71. The summed E-state index contributed by atoms with van der Waals surface area (Å²) in [6, 6.07) is 5.58. The zero-order valence-corrected chi connectivity index (χ0v) is 25.1. The lowest BCUT2D eigenvalue weighted by Crippen LogP contribution is -2.49. The lowest BCUT2D eigenvalue weighted by molar-refractivity contribution is -0.140. The average Bonchev–Trinajstić information content (AvgIpc) is 3.48. The van der Waals surface area contributed by atoms with Gasteiger partial charge in [0.15, 0.2) is 5.60 Å². The van der Waals surface area contributed by atoms with Crippen LogP contribution >= 0.6 is 0 Å². The van der Waals surface area contributed by atoms with E-state index in [0.29, 0.717) is 16.8 Å². The van der Waals surface area contributed by atoms with Crippen molar-refractivity contribution in [2.24, 2.45) is 5.73 Å². The molecule has 0 radical (unpaired) electrons. The Kier molecular flexibility index (Phi) is 7.61. The summed E-state index contributed by atoms with van der Waals surface area (Å²) in [7, 11) is 1.23. The molecule has 2 aromatic carbocycles. The third-order valence-corrected chi connectivity index (χ3v) is 8.79. The Hall–Kier alpha value is -4.93. The van der Waals surface area contributed by atoms with Gasteiger partial charge >= 0.3 is 12.7 Å². The van der Waals surface area contributed by atoms with Gasteiger partial charge in [0.25, 0.3) is 5.91 Å². The van der Waals surface area contributed by atoms with E-state index in [1.54, 1.807) is 0 Å². The number of alkyl halides is 6. The van der Waals surface area contributed by atoms with Gasteiger partial charge in [-0.2, -0.15) is 27.1 Å². The maximum atomic E-state index is 16.1. The smallest absolute Gasteiger partial charge is 0.419 e. The van der Waals surface area contributed by atoms with Crippen LogP contribution in [-0.2, 0) is 22.0 Å². The molecule has 254 valence electrons. The van der Waals surface area contributed by atoms with Crippen molar-refractivity contribution < 1.29 is 54.9 Å². The number of hydrogen-bond acceptors (Lipinski definition) is 7. The minimum Gasteiger partial charge on any atom is -0.494 e. The molecule has 6 rings (SSSR count). The quantitative estimate of drug-likeness (QED) is 0.213. The highest BCUT2D eigenvalue weighted by atomic mass is 19.4. The predicted molar refractivity (Wildman–Crippen MR) is 154 cm³/mol. The predicted octanol–water partition coefficient (Wildman–Crippen LogP) is 4.92. The number of pyridine rings is 1. The van der Waals surface area contributed by atoms with Crippen LogP contribution in [0.4, 0.5) is 30.7 Å². The number of hydrogen-bond donors (Lipinski definition) is 3. The Morgan fingerprint density at radius 1 is 1.19 bits per heavy atom. The number of halogens is 7. The lowest BCUT2D eigenvalue weighted by atomic mass is 9.80. The van der Waals surface area contributed by atoms with Gasteiger partial charge in [0.1, 0.15) is 46.2 Å². The van der Waals surface area contributed by atoms with E-state index < -0.39 is 64.8 Å². The number of aromatic nitrogens is 3. The molecule has 2 amide bonds. The number of aliphatic hydroxyl groups is 1. The average molecular weight is 682 g/mol. The summed E-state index contributed by atoms with van der Waals surface area (Å²) in [5.41, 5.74) is -3.86. The topological polar surface area (TPSA) is 142 Å². The Bertz CT molecular complexity index is 1980. The molecule has 4 N–H and O–H groups in total. The van der Waals surface area contributed by atoms with Crippen LogP contribution in [0.15, 0.2) is 42.6 Å². The summed E-state index contributed by atoms with van der Waals surface area (Å²) < 4.78 is 109. The number of benzene rings is 2. The number of amides is 2. The van der Waals surface area contributed by atoms with Crippen molar-refractivity contribution in [1.82, 2.24) is 20.1 Å². The molecule has 2 atom stereocenters. The van der Waals surface area contributed by atoms with Crippen LogP contribution in [0.2, 0.25) is 0 Å². The fraction of sp³-hybridized carbons (Fsp3) is 0.355. The Labute approximate surface area is 266 Å². The molecule has 4 aromatic rings. The van der Waals surface area contributed by atoms with Gasteiger partial charge in [-0.3, -0.25) is 9.59 Å². The first-order valence-electron chi connectivity index (χ1n) is 14.3. The summed E-state index contributed by atoms with van der Waals surface area (Å²) in [5, 5.41) is 18.3. The molecule has 2 aliphatic rings. The van der Waals surface area contributed by atoms with Crippen molar-refractivity contribution in [2.45, 2.75) is 49.2 Å². The number of primary amides is 1. The summed E-state index contributed by atoms with van der Waals surface area (Å²) in [4.78, 5) is 30.2. The minimum absolute atomic E-state index is 0.0203. The molecule has 1 unspecified atom stereocenters. The van der Waals surface area contributed by atoms with Gasteiger partial charge in [-0.1, -0.05) is 0 Å². The third-order valence-electron chi connectivity index (χ3n) is 8.79. The Balaban J connectivity index is 1.44. The Morgan fingerprint density at radius 2 is 1.90 bits per heavy atom. The number of nitrogens with one attached hydrogen (secondary N) is 1. The number of carbonyl (C=O) groups excluding carboxylic acids is 2. The molecular formula is C31H26F7N5O5. The van der Waals surface area contributed by atoms with Gasteiger partial charge in [0.05, 0.1) is 24.9 Å². The molecule has 1 saturated carbocycles. The highest BCUT2D eigenvalue weighted by Crippen LogP contribution is 2.55. The zero-order valence-electron chi connectivity index (χ0n) is 25.1. The van der Waals surface area contributed by atoms with Crippen LogP contribution in [0.25, 0.3) is 22.2 Å². The molecule has 48 heavy (non-hydrogen) atoms. The lowest BCUT2D eigenvalue weighted by Gasteiger charge is -2.33. The second kappa shape index (κ2) is 11.1. The molecule has 1 fully saturated rings. The van der Waals surface area contributed by atoms with E-state index in [0.717, 1.165) is 18.3 Å². The van der Waals surface area contributed by atoms with E-state index in [2.05, 4.69) is 15.4 Å². The second-order valence-corrected chi connectivity index (χ2v) is 11.9. The van der Waals surface area contributed by atoms with Gasteiger partial charge in [0, 0.05) is 28.3 Å². The molecule has 0 spiro atoms. The summed E-state index contributed by atoms with van der Waals surface area (Å²) in [6.45, 7) is -2.81. The van der Waals surface area contributed by atoms with Crippen LogP contribution in [0.5, 0.6) is 11.5 Å². The highest BCUT2D eigenvalue weighted by molar-refractivity contribution is 6.00. The number of methoxy groups -OCH3 is 1. The molecule has 0 bridgehead atoms. The van der Waals surface area contributed by atoms with E-state index in [1.165, 1.54) is 26.2 Å². The normalized spacial score (nSPS) is 19.5. The van der Waals surface area contributed by atoms with Gasteiger partial charge in [-0.15, -0.1) is 0 Å². The maximum absolute atomic E-state index is 16.1. The molecule has 1 aliphatic heterocycles. The Morgan fingerprint density at radius 3 is 2.50 bits per heavy atom. The molecule has 1 aliphatic carbocycles. The number of fused-ring (bicyclic) bond motifs is 2. The van der Waals surface area contributed by atoms with Crippen LogP contribution < -0.4 is 20.5 Å². The number of carbonyl (C=O) groups is 2. The number of rotatable bonds is 9. The molecule has 0 saturated heterocycles. The van der Waals surface area contributed by atoms with Crippen LogP contribution in [0.1, 0.15) is 53.5 Å². The molecule has 17 heteroatoms. The van der Waals surface area contributed by atoms with E-state index in [9.17, 15) is 41.0 Å². The van der Waals surface area contributed by atoms with Crippen molar-refractivity contribution in [3.63, 3.8) is 0 Å². The van der Waals surface area contributed by atoms with Gasteiger partial charge in [-0.25, -0.2) is 18.4 Å².